The molecule has 132 valence electrons. The van der Waals surface area contributed by atoms with Crippen molar-refractivity contribution in [1.29, 1.82) is 0 Å². The van der Waals surface area contributed by atoms with Crippen LogP contribution < -0.4 is 10.1 Å². The van der Waals surface area contributed by atoms with E-state index >= 15 is 0 Å². The smallest absolute Gasteiger partial charge is 0.260 e. The van der Waals surface area contributed by atoms with Gasteiger partial charge in [-0.2, -0.15) is 0 Å². The summed E-state index contributed by atoms with van der Waals surface area (Å²) in [5.74, 6) is 0.729. The first kappa shape index (κ1) is 18.3. The first-order chi connectivity index (χ1) is 11.4. The molecule has 6 heteroatoms. The number of piperazine rings is 1. The number of benzene rings is 1. The average molecular weight is 333 g/mol. The van der Waals surface area contributed by atoms with Gasteiger partial charge in [0, 0.05) is 32.2 Å². The molecule has 0 aromatic heterocycles. The molecule has 0 spiro atoms. The molecule has 0 unspecified atom stereocenters. The van der Waals surface area contributed by atoms with Crippen LogP contribution in [-0.4, -0.2) is 67.0 Å². The van der Waals surface area contributed by atoms with Crippen molar-refractivity contribution < 1.29 is 14.3 Å². The van der Waals surface area contributed by atoms with Crippen LogP contribution in [0.25, 0.3) is 0 Å². The second-order valence-corrected chi connectivity index (χ2v) is 6.48. The Morgan fingerprint density at radius 3 is 2.33 bits per heavy atom. The van der Waals surface area contributed by atoms with Crippen LogP contribution in [0.3, 0.4) is 0 Å². The molecule has 2 rings (SSSR count). The monoisotopic (exact) mass is 333 g/mol. The Balaban J connectivity index is 1.70. The van der Waals surface area contributed by atoms with Crippen LogP contribution in [0.2, 0.25) is 0 Å². The SMILES string of the molecule is Cc1ccc(OCC(=O)N2CCN(CC(=O)NC(C)C)CC2)cc1. The molecule has 1 fully saturated rings. The number of carbonyl (C=O) groups is 2. The maximum atomic E-state index is 12.2. The van der Waals surface area contributed by atoms with E-state index in [1.165, 1.54) is 0 Å². The Bertz CT molecular complexity index is 549. The molecule has 0 radical (unpaired) electrons. The molecule has 1 heterocycles. The zero-order valence-electron chi connectivity index (χ0n) is 14.7. The van der Waals surface area contributed by atoms with Gasteiger partial charge in [0.15, 0.2) is 6.61 Å². The van der Waals surface area contributed by atoms with E-state index in [9.17, 15) is 9.59 Å². The predicted octanol–water partition coefficient (Wildman–Crippen LogP) is 1.04. The van der Waals surface area contributed by atoms with Crippen LogP contribution in [0.15, 0.2) is 24.3 Å². The first-order valence-corrected chi connectivity index (χ1v) is 8.43. The molecule has 1 aromatic carbocycles. The zero-order valence-corrected chi connectivity index (χ0v) is 14.7. The van der Waals surface area contributed by atoms with E-state index in [1.54, 1.807) is 4.90 Å². The molecule has 1 N–H and O–H groups in total. The Morgan fingerprint density at radius 1 is 1.12 bits per heavy atom. The Hall–Kier alpha value is -2.08. The van der Waals surface area contributed by atoms with Gasteiger partial charge < -0.3 is 15.0 Å². The summed E-state index contributed by atoms with van der Waals surface area (Å²) >= 11 is 0. The Kier molecular flexibility index (Phi) is 6.61. The average Bonchev–Trinajstić information content (AvgIpc) is 2.54. The highest BCUT2D eigenvalue weighted by Gasteiger charge is 2.22. The lowest BCUT2D eigenvalue weighted by Crippen LogP contribution is -2.52. The van der Waals surface area contributed by atoms with Gasteiger partial charge in [0.25, 0.3) is 5.91 Å². The van der Waals surface area contributed by atoms with Crippen LogP contribution in [0.4, 0.5) is 0 Å². The van der Waals surface area contributed by atoms with Gasteiger partial charge in [0.05, 0.1) is 6.54 Å². The van der Waals surface area contributed by atoms with Gasteiger partial charge in [-0.15, -0.1) is 0 Å². The molecule has 6 nitrogen and oxygen atoms in total. The molecule has 24 heavy (non-hydrogen) atoms. The molecule has 1 saturated heterocycles. The lowest BCUT2D eigenvalue weighted by atomic mass is 10.2. The molecular weight excluding hydrogens is 306 g/mol. The highest BCUT2D eigenvalue weighted by molar-refractivity contribution is 5.79. The Labute approximate surface area is 143 Å². The van der Waals surface area contributed by atoms with Crippen LogP contribution in [-0.2, 0) is 9.59 Å². The van der Waals surface area contributed by atoms with Gasteiger partial charge in [-0.3, -0.25) is 14.5 Å². The molecule has 0 aliphatic carbocycles. The standard InChI is InChI=1S/C18H27N3O3/c1-14(2)19-17(22)12-20-8-10-21(11-9-20)18(23)13-24-16-6-4-15(3)5-7-16/h4-7,14H,8-13H2,1-3H3,(H,19,22). The molecule has 1 aliphatic heterocycles. The second-order valence-electron chi connectivity index (χ2n) is 6.48. The number of hydrogen-bond donors (Lipinski definition) is 1. The van der Waals surface area contributed by atoms with Crippen LogP contribution in [0.1, 0.15) is 19.4 Å². The fraction of sp³-hybridized carbons (Fsp3) is 0.556. The summed E-state index contributed by atoms with van der Waals surface area (Å²) in [4.78, 5) is 27.9. The minimum atomic E-state index is -0.0122. The van der Waals surface area contributed by atoms with Crippen molar-refractivity contribution in [2.45, 2.75) is 26.8 Å². The minimum Gasteiger partial charge on any atom is -0.484 e. The number of hydrogen-bond acceptors (Lipinski definition) is 4. The van der Waals surface area contributed by atoms with E-state index in [2.05, 4.69) is 10.2 Å². The Morgan fingerprint density at radius 2 is 1.75 bits per heavy atom. The summed E-state index contributed by atoms with van der Waals surface area (Å²) in [6, 6.07) is 7.81. The first-order valence-electron chi connectivity index (χ1n) is 8.43. The molecular formula is C18H27N3O3. The number of ether oxygens (including phenoxy) is 1. The van der Waals surface area contributed by atoms with Crippen molar-refractivity contribution in [3.05, 3.63) is 29.8 Å². The van der Waals surface area contributed by atoms with E-state index in [4.69, 9.17) is 4.74 Å². The summed E-state index contributed by atoms with van der Waals surface area (Å²) in [5.41, 5.74) is 1.16. The number of aryl methyl sites for hydroxylation is 1. The highest BCUT2D eigenvalue weighted by atomic mass is 16.5. The largest absolute Gasteiger partial charge is 0.484 e. The quantitative estimate of drug-likeness (QED) is 0.845. The second kappa shape index (κ2) is 8.68. The highest BCUT2D eigenvalue weighted by Crippen LogP contribution is 2.11. The van der Waals surface area contributed by atoms with Crippen molar-refractivity contribution >= 4 is 11.8 Å². The van der Waals surface area contributed by atoms with Crippen LogP contribution in [0, 0.1) is 6.92 Å². The number of nitrogens with zero attached hydrogens (tertiary/aromatic N) is 2. The maximum Gasteiger partial charge on any atom is 0.260 e. The van der Waals surface area contributed by atoms with Gasteiger partial charge >= 0.3 is 0 Å². The number of amides is 2. The van der Waals surface area contributed by atoms with Crippen molar-refractivity contribution in [1.82, 2.24) is 15.1 Å². The van der Waals surface area contributed by atoms with Gasteiger partial charge in [-0.05, 0) is 32.9 Å². The summed E-state index contributed by atoms with van der Waals surface area (Å²) in [6.07, 6.45) is 0. The zero-order chi connectivity index (χ0) is 17.5. The summed E-state index contributed by atoms with van der Waals surface area (Å²) in [7, 11) is 0. The van der Waals surface area contributed by atoms with Crippen LogP contribution in [0.5, 0.6) is 5.75 Å². The van der Waals surface area contributed by atoms with Crippen molar-refractivity contribution in [3.63, 3.8) is 0 Å². The van der Waals surface area contributed by atoms with E-state index in [0.29, 0.717) is 38.5 Å². The van der Waals surface area contributed by atoms with Gasteiger partial charge in [0.1, 0.15) is 5.75 Å². The third-order valence-corrected chi connectivity index (χ3v) is 3.93. The third-order valence-electron chi connectivity index (χ3n) is 3.93. The van der Waals surface area contributed by atoms with E-state index in [0.717, 1.165) is 5.56 Å². The van der Waals surface area contributed by atoms with E-state index in [-0.39, 0.29) is 24.5 Å². The molecule has 2 amide bonds. The fourth-order valence-corrected chi connectivity index (χ4v) is 2.60. The maximum absolute atomic E-state index is 12.2. The lowest BCUT2D eigenvalue weighted by molar-refractivity contribution is -0.135. The lowest BCUT2D eigenvalue weighted by Gasteiger charge is -2.34. The number of nitrogens with one attached hydrogen (secondary N) is 1. The van der Waals surface area contributed by atoms with Gasteiger partial charge in [-0.25, -0.2) is 0 Å². The molecule has 1 aliphatic rings. The number of rotatable bonds is 6. The third kappa shape index (κ3) is 5.85. The number of carbonyl (C=O) groups excluding carboxylic acids is 2. The minimum absolute atomic E-state index is 0.0122. The predicted molar refractivity (Wildman–Crippen MR) is 93.0 cm³/mol. The van der Waals surface area contributed by atoms with Crippen LogP contribution >= 0.6 is 0 Å². The summed E-state index contributed by atoms with van der Waals surface area (Å²) < 4.78 is 5.54. The molecule has 0 atom stereocenters. The van der Waals surface area contributed by atoms with Gasteiger partial charge in [0.2, 0.25) is 5.91 Å². The fourth-order valence-electron chi connectivity index (χ4n) is 2.60. The van der Waals surface area contributed by atoms with Gasteiger partial charge in [-0.1, -0.05) is 17.7 Å². The molecule has 0 saturated carbocycles. The summed E-state index contributed by atoms with van der Waals surface area (Å²) in [5, 5.41) is 2.89. The van der Waals surface area contributed by atoms with E-state index < -0.39 is 0 Å². The van der Waals surface area contributed by atoms with Crippen molar-refractivity contribution in [3.8, 4) is 5.75 Å². The van der Waals surface area contributed by atoms with E-state index in [1.807, 2.05) is 45.0 Å². The summed E-state index contributed by atoms with van der Waals surface area (Å²) in [6.45, 7) is 9.03. The van der Waals surface area contributed by atoms with Crippen molar-refractivity contribution in [2.24, 2.45) is 0 Å². The molecule has 1 aromatic rings. The topological polar surface area (TPSA) is 61.9 Å². The normalized spacial score (nSPS) is 15.4. The van der Waals surface area contributed by atoms with Crippen molar-refractivity contribution in [2.75, 3.05) is 39.3 Å². The molecule has 0 bridgehead atoms.